The number of hydrogen-bond donors (Lipinski definition) is 3. The molecule has 0 spiro atoms. The monoisotopic (exact) mass is 458 g/mol. The van der Waals surface area contributed by atoms with Crippen molar-refractivity contribution in [2.45, 2.75) is 64.6 Å². The number of benzene rings is 1. The summed E-state index contributed by atoms with van der Waals surface area (Å²) in [7, 11) is 0. The lowest BCUT2D eigenvalue weighted by Crippen LogP contribution is -2.09. The summed E-state index contributed by atoms with van der Waals surface area (Å²) >= 11 is 1.25. The minimum Gasteiger partial charge on any atom is -0.477 e. The van der Waals surface area contributed by atoms with Gasteiger partial charge in [0.2, 0.25) is 0 Å². The summed E-state index contributed by atoms with van der Waals surface area (Å²) in [5, 5.41) is 29.0. The maximum Gasteiger partial charge on any atom is 0.345 e. The van der Waals surface area contributed by atoms with E-state index in [-0.39, 0.29) is 12.5 Å². The molecule has 1 aromatic heterocycles. The van der Waals surface area contributed by atoms with Gasteiger partial charge in [-0.25, -0.2) is 4.79 Å². The minimum absolute atomic E-state index is 0.133. The fourth-order valence-corrected chi connectivity index (χ4v) is 5.21. The Morgan fingerprint density at radius 2 is 1.97 bits per heavy atom. The Kier molecular flexibility index (Phi) is 9.48. The third kappa shape index (κ3) is 6.51. The van der Waals surface area contributed by atoms with E-state index in [4.69, 9.17) is 9.84 Å². The number of ether oxygens (including phenoxy) is 1. The van der Waals surface area contributed by atoms with Gasteiger partial charge in [0.15, 0.2) is 0 Å². The molecule has 0 fully saturated rings. The van der Waals surface area contributed by atoms with Crippen LogP contribution in [0.3, 0.4) is 0 Å². The normalized spacial score (nSPS) is 17.2. The van der Waals surface area contributed by atoms with Crippen LogP contribution in [0.15, 0.2) is 42.0 Å². The van der Waals surface area contributed by atoms with Gasteiger partial charge < -0.3 is 20.1 Å². The van der Waals surface area contributed by atoms with E-state index in [1.165, 1.54) is 22.5 Å². The molecule has 2 atom stereocenters. The highest BCUT2D eigenvalue weighted by molar-refractivity contribution is 7.13. The van der Waals surface area contributed by atoms with Crippen LogP contribution in [0.2, 0.25) is 0 Å². The average Bonchev–Trinajstić information content (AvgIpc) is 3.42. The predicted molar refractivity (Wildman–Crippen MR) is 128 cm³/mol. The molecule has 3 rings (SSSR count). The van der Waals surface area contributed by atoms with E-state index in [9.17, 15) is 15.0 Å². The summed E-state index contributed by atoms with van der Waals surface area (Å²) in [6, 6.07) is 11.6. The van der Waals surface area contributed by atoms with Crippen molar-refractivity contribution in [3.05, 3.63) is 62.9 Å². The standard InChI is InChI=1S/C26H34O5S/c1-2-3-4-5-23(28)18-6-8-19(9-7-18)25-20(14-15-27)10-11-21(25)16-31-17-22-12-13-24(32-22)26(29)30/h6-9,12-13,21,23,27-28H,2-5,10-11,14-17H2,1H3,(H,29,30)/t21-,23?/m1/s1. The van der Waals surface area contributed by atoms with Gasteiger partial charge in [0.1, 0.15) is 4.88 Å². The van der Waals surface area contributed by atoms with Crippen molar-refractivity contribution < 1.29 is 24.9 Å². The highest BCUT2D eigenvalue weighted by Crippen LogP contribution is 2.41. The van der Waals surface area contributed by atoms with Gasteiger partial charge >= 0.3 is 5.97 Å². The van der Waals surface area contributed by atoms with Gasteiger partial charge in [-0.05, 0) is 54.5 Å². The van der Waals surface area contributed by atoms with Crippen LogP contribution in [0.25, 0.3) is 5.57 Å². The Morgan fingerprint density at radius 3 is 2.62 bits per heavy atom. The molecule has 0 radical (unpaired) electrons. The zero-order chi connectivity index (χ0) is 22.9. The van der Waals surface area contributed by atoms with Gasteiger partial charge in [0.05, 0.1) is 19.3 Å². The summed E-state index contributed by atoms with van der Waals surface area (Å²) in [5.41, 5.74) is 4.62. The summed E-state index contributed by atoms with van der Waals surface area (Å²) < 4.78 is 5.97. The predicted octanol–water partition coefficient (Wildman–Crippen LogP) is 5.82. The first-order valence-electron chi connectivity index (χ1n) is 11.5. The number of rotatable bonds is 13. The van der Waals surface area contributed by atoms with E-state index in [0.717, 1.165) is 54.5 Å². The van der Waals surface area contributed by atoms with Crippen LogP contribution in [0.4, 0.5) is 0 Å². The fourth-order valence-electron chi connectivity index (χ4n) is 4.43. The van der Waals surface area contributed by atoms with Crippen LogP contribution in [-0.2, 0) is 11.3 Å². The van der Waals surface area contributed by atoms with Crippen LogP contribution < -0.4 is 0 Å². The third-order valence-corrected chi connectivity index (χ3v) is 7.17. The largest absolute Gasteiger partial charge is 0.477 e. The molecule has 1 aliphatic carbocycles. The molecule has 0 aliphatic heterocycles. The lowest BCUT2D eigenvalue weighted by atomic mass is 9.91. The Morgan fingerprint density at radius 1 is 1.19 bits per heavy atom. The SMILES string of the molecule is CCCCCC(O)c1ccc(C2=C(CCO)CC[C@@H]2COCc2ccc(C(=O)O)s2)cc1. The molecular formula is C26H34O5S. The molecule has 2 aromatic rings. The average molecular weight is 459 g/mol. The van der Waals surface area contributed by atoms with Crippen LogP contribution in [0.1, 0.15) is 83.6 Å². The summed E-state index contributed by atoms with van der Waals surface area (Å²) in [5.74, 6) is -0.661. The zero-order valence-corrected chi connectivity index (χ0v) is 19.6. The number of aromatic carboxylic acids is 1. The summed E-state index contributed by atoms with van der Waals surface area (Å²) in [6.45, 7) is 3.26. The molecule has 1 heterocycles. The van der Waals surface area contributed by atoms with Crippen molar-refractivity contribution in [2.75, 3.05) is 13.2 Å². The lowest BCUT2D eigenvalue weighted by molar-refractivity contribution is 0.0702. The fraction of sp³-hybridized carbons (Fsp3) is 0.500. The lowest BCUT2D eigenvalue weighted by Gasteiger charge is -2.18. The Balaban J connectivity index is 1.65. The molecule has 1 aliphatic rings. The first-order chi connectivity index (χ1) is 15.5. The molecule has 0 bridgehead atoms. The molecule has 1 unspecified atom stereocenters. The van der Waals surface area contributed by atoms with Crippen LogP contribution in [-0.4, -0.2) is 34.5 Å². The smallest absolute Gasteiger partial charge is 0.345 e. The van der Waals surface area contributed by atoms with Gasteiger partial charge in [0, 0.05) is 17.4 Å². The number of carbonyl (C=O) groups is 1. The molecule has 3 N–H and O–H groups in total. The zero-order valence-electron chi connectivity index (χ0n) is 18.8. The second-order valence-electron chi connectivity index (χ2n) is 8.45. The van der Waals surface area contributed by atoms with Crippen molar-refractivity contribution in [3.63, 3.8) is 0 Å². The Labute approximate surface area is 194 Å². The molecular weight excluding hydrogens is 424 g/mol. The summed E-state index contributed by atoms with van der Waals surface area (Å²) in [4.78, 5) is 12.3. The van der Waals surface area contributed by atoms with Crippen LogP contribution in [0.5, 0.6) is 0 Å². The van der Waals surface area contributed by atoms with E-state index in [2.05, 4.69) is 19.1 Å². The Hall–Kier alpha value is -1.99. The molecule has 0 saturated carbocycles. The first-order valence-corrected chi connectivity index (χ1v) is 12.4. The minimum atomic E-state index is -0.908. The van der Waals surface area contributed by atoms with E-state index in [0.29, 0.717) is 24.5 Å². The van der Waals surface area contributed by atoms with Crippen molar-refractivity contribution in [1.29, 1.82) is 0 Å². The van der Waals surface area contributed by atoms with Crippen molar-refractivity contribution in [1.82, 2.24) is 0 Å². The molecule has 0 amide bonds. The number of carboxylic acids is 1. The number of carboxylic acid groups (broad SMARTS) is 1. The highest BCUT2D eigenvalue weighted by atomic mass is 32.1. The molecule has 6 heteroatoms. The van der Waals surface area contributed by atoms with Gasteiger partial charge in [-0.2, -0.15) is 0 Å². The van der Waals surface area contributed by atoms with E-state index in [1.54, 1.807) is 12.1 Å². The van der Waals surface area contributed by atoms with Crippen molar-refractivity contribution >= 4 is 22.9 Å². The van der Waals surface area contributed by atoms with E-state index < -0.39 is 12.1 Å². The second kappa shape index (κ2) is 12.3. The summed E-state index contributed by atoms with van der Waals surface area (Å²) in [6.07, 6.45) is 6.27. The van der Waals surface area contributed by atoms with Gasteiger partial charge in [-0.3, -0.25) is 0 Å². The molecule has 174 valence electrons. The molecule has 0 saturated heterocycles. The topological polar surface area (TPSA) is 87.0 Å². The molecule has 1 aromatic carbocycles. The number of aliphatic hydroxyl groups excluding tert-OH is 2. The van der Waals surface area contributed by atoms with E-state index in [1.807, 2.05) is 12.1 Å². The van der Waals surface area contributed by atoms with Gasteiger partial charge in [0.25, 0.3) is 0 Å². The first kappa shape index (κ1) is 24.6. The van der Waals surface area contributed by atoms with Gasteiger partial charge in [-0.1, -0.05) is 56.0 Å². The highest BCUT2D eigenvalue weighted by Gasteiger charge is 2.26. The quantitative estimate of drug-likeness (QED) is 0.329. The number of unbranched alkanes of at least 4 members (excludes halogenated alkanes) is 2. The second-order valence-corrected chi connectivity index (χ2v) is 9.61. The number of aliphatic hydroxyl groups is 2. The third-order valence-electron chi connectivity index (χ3n) is 6.12. The Bertz CT molecular complexity index is 899. The maximum atomic E-state index is 11.1. The molecule has 32 heavy (non-hydrogen) atoms. The van der Waals surface area contributed by atoms with Crippen molar-refractivity contribution in [2.24, 2.45) is 5.92 Å². The molecule has 5 nitrogen and oxygen atoms in total. The number of thiophene rings is 1. The van der Waals surface area contributed by atoms with Crippen LogP contribution in [0, 0.1) is 5.92 Å². The van der Waals surface area contributed by atoms with Crippen LogP contribution >= 0.6 is 11.3 Å². The number of hydrogen-bond acceptors (Lipinski definition) is 5. The van der Waals surface area contributed by atoms with Gasteiger partial charge in [-0.15, -0.1) is 11.3 Å². The van der Waals surface area contributed by atoms with Crippen molar-refractivity contribution in [3.8, 4) is 0 Å². The maximum absolute atomic E-state index is 11.1. The van der Waals surface area contributed by atoms with E-state index >= 15 is 0 Å².